The third kappa shape index (κ3) is 4.21. The van der Waals surface area contributed by atoms with E-state index in [1.54, 1.807) is 26.0 Å². The molecule has 1 atom stereocenters. The summed E-state index contributed by atoms with van der Waals surface area (Å²) in [6, 6.07) is 12.9. The van der Waals surface area contributed by atoms with Crippen LogP contribution in [0, 0.1) is 13.8 Å². The lowest BCUT2D eigenvalue weighted by molar-refractivity contribution is -0.114. The average Bonchev–Trinajstić information content (AvgIpc) is 2.65. The molecule has 1 unspecified atom stereocenters. The van der Waals surface area contributed by atoms with Crippen LogP contribution in [0.15, 0.2) is 47.4 Å². The molecule has 1 heterocycles. The maximum absolute atomic E-state index is 13.2. The molecule has 0 saturated carbocycles. The number of carbonyl (C=O) groups is 1. The molecule has 0 aliphatic carbocycles. The van der Waals surface area contributed by atoms with Crippen LogP contribution in [0.5, 0.6) is 0 Å². The molecule has 1 aliphatic heterocycles. The van der Waals surface area contributed by atoms with Gasteiger partial charge in [0.15, 0.2) is 0 Å². The molecule has 1 aliphatic rings. The number of ether oxygens (including phenoxy) is 1. The van der Waals surface area contributed by atoms with Gasteiger partial charge in [0.1, 0.15) is 0 Å². The van der Waals surface area contributed by atoms with Gasteiger partial charge in [-0.15, -0.1) is 0 Å². The molecule has 1 saturated heterocycles. The molecule has 0 bridgehead atoms. The SMILES string of the molecule is CC(=O)Nc1c(C)cc(S(=O)(=O)N2CCOC(c3ccccc3)C2)cc1C. The smallest absolute Gasteiger partial charge is 0.243 e. The molecule has 1 amide bonds. The first-order valence-corrected chi connectivity index (χ1v) is 10.3. The first-order chi connectivity index (χ1) is 12.8. The van der Waals surface area contributed by atoms with Gasteiger partial charge in [0.05, 0.1) is 17.6 Å². The summed E-state index contributed by atoms with van der Waals surface area (Å²) < 4.78 is 33.6. The van der Waals surface area contributed by atoms with E-state index in [2.05, 4.69) is 5.32 Å². The number of nitrogens with one attached hydrogen (secondary N) is 1. The van der Waals surface area contributed by atoms with E-state index in [1.807, 2.05) is 30.3 Å². The number of sulfonamides is 1. The number of nitrogens with zero attached hydrogens (tertiary/aromatic N) is 1. The Kier molecular flexibility index (Phi) is 5.64. The van der Waals surface area contributed by atoms with Crippen LogP contribution in [0.4, 0.5) is 5.69 Å². The molecule has 1 N–H and O–H groups in total. The zero-order chi connectivity index (χ0) is 19.6. The molecule has 3 rings (SSSR count). The number of hydrogen-bond acceptors (Lipinski definition) is 4. The topological polar surface area (TPSA) is 75.7 Å². The Hall–Kier alpha value is -2.22. The van der Waals surface area contributed by atoms with E-state index in [0.29, 0.717) is 18.8 Å². The molecular formula is C20H24N2O4S. The van der Waals surface area contributed by atoms with E-state index in [1.165, 1.54) is 11.2 Å². The summed E-state index contributed by atoms with van der Waals surface area (Å²) in [4.78, 5) is 11.6. The van der Waals surface area contributed by atoms with Gasteiger partial charge in [-0.25, -0.2) is 8.42 Å². The standard InChI is InChI=1S/C20H24N2O4S/c1-14-11-18(12-15(2)20(14)21-16(3)23)27(24,25)22-9-10-26-19(13-22)17-7-5-4-6-8-17/h4-8,11-12,19H,9-10,13H2,1-3H3,(H,21,23). The van der Waals surface area contributed by atoms with Gasteiger partial charge in [0.25, 0.3) is 0 Å². The highest BCUT2D eigenvalue weighted by molar-refractivity contribution is 7.89. The lowest BCUT2D eigenvalue weighted by Crippen LogP contribution is -2.42. The second kappa shape index (κ2) is 7.80. The van der Waals surface area contributed by atoms with Crippen molar-refractivity contribution >= 4 is 21.6 Å². The first-order valence-electron chi connectivity index (χ1n) is 8.84. The third-order valence-corrected chi connectivity index (χ3v) is 6.49. The Bertz CT molecular complexity index is 919. The molecule has 2 aromatic rings. The zero-order valence-electron chi connectivity index (χ0n) is 15.7. The van der Waals surface area contributed by atoms with Crippen molar-refractivity contribution in [1.29, 1.82) is 0 Å². The van der Waals surface area contributed by atoms with Gasteiger partial charge >= 0.3 is 0 Å². The van der Waals surface area contributed by atoms with E-state index >= 15 is 0 Å². The summed E-state index contributed by atoms with van der Waals surface area (Å²) in [6.07, 6.45) is -0.282. The Balaban J connectivity index is 1.88. The maximum Gasteiger partial charge on any atom is 0.243 e. The highest BCUT2D eigenvalue weighted by Gasteiger charge is 2.32. The molecule has 144 valence electrons. The van der Waals surface area contributed by atoms with Crippen molar-refractivity contribution in [3.8, 4) is 0 Å². The Morgan fingerprint density at radius 2 is 1.78 bits per heavy atom. The summed E-state index contributed by atoms with van der Waals surface area (Å²) in [5.74, 6) is -0.185. The minimum Gasteiger partial charge on any atom is -0.371 e. The molecule has 1 fully saturated rings. The van der Waals surface area contributed by atoms with Crippen LogP contribution in [0.2, 0.25) is 0 Å². The summed E-state index contributed by atoms with van der Waals surface area (Å²) in [5, 5.41) is 2.76. The fourth-order valence-corrected chi connectivity index (χ4v) is 4.90. The monoisotopic (exact) mass is 388 g/mol. The minimum absolute atomic E-state index is 0.185. The second-order valence-corrected chi connectivity index (χ2v) is 8.68. The molecule has 27 heavy (non-hydrogen) atoms. The first kappa shape index (κ1) is 19.5. The fourth-order valence-electron chi connectivity index (χ4n) is 3.31. The van der Waals surface area contributed by atoms with Crippen molar-refractivity contribution < 1.29 is 17.9 Å². The molecule has 6 nitrogen and oxygen atoms in total. The molecule has 0 spiro atoms. The highest BCUT2D eigenvalue weighted by atomic mass is 32.2. The van der Waals surface area contributed by atoms with E-state index < -0.39 is 10.0 Å². The molecule has 0 radical (unpaired) electrons. The van der Waals surface area contributed by atoms with Gasteiger partial charge in [-0.1, -0.05) is 30.3 Å². The van der Waals surface area contributed by atoms with Crippen LogP contribution in [0.1, 0.15) is 29.7 Å². The Morgan fingerprint density at radius 1 is 1.15 bits per heavy atom. The minimum atomic E-state index is -3.65. The lowest BCUT2D eigenvalue weighted by Gasteiger charge is -2.32. The quantitative estimate of drug-likeness (QED) is 0.874. The highest BCUT2D eigenvalue weighted by Crippen LogP contribution is 2.30. The van der Waals surface area contributed by atoms with E-state index in [4.69, 9.17) is 4.74 Å². The van der Waals surface area contributed by atoms with Gasteiger partial charge in [-0.3, -0.25) is 4.79 Å². The number of anilines is 1. The molecular weight excluding hydrogens is 364 g/mol. The Morgan fingerprint density at radius 3 is 2.37 bits per heavy atom. The fraction of sp³-hybridized carbons (Fsp3) is 0.350. The number of carbonyl (C=O) groups excluding carboxylic acids is 1. The van der Waals surface area contributed by atoms with E-state index in [-0.39, 0.29) is 23.5 Å². The number of hydrogen-bond donors (Lipinski definition) is 1. The van der Waals surface area contributed by atoms with Crippen molar-refractivity contribution in [1.82, 2.24) is 4.31 Å². The van der Waals surface area contributed by atoms with Gasteiger partial charge < -0.3 is 10.1 Å². The predicted molar refractivity (Wildman–Crippen MR) is 104 cm³/mol. The molecule has 7 heteroatoms. The summed E-state index contributed by atoms with van der Waals surface area (Å²) in [5.41, 5.74) is 3.06. The third-order valence-electron chi connectivity index (χ3n) is 4.65. The molecule has 2 aromatic carbocycles. The van der Waals surface area contributed by atoms with Crippen LogP contribution >= 0.6 is 0 Å². The Labute approximate surface area is 160 Å². The van der Waals surface area contributed by atoms with Gasteiger partial charge in [0.2, 0.25) is 15.9 Å². The predicted octanol–water partition coefficient (Wildman–Crippen LogP) is 3.02. The van der Waals surface area contributed by atoms with Crippen LogP contribution in [-0.2, 0) is 19.6 Å². The van der Waals surface area contributed by atoms with E-state index in [0.717, 1.165) is 16.7 Å². The van der Waals surface area contributed by atoms with Gasteiger partial charge in [0, 0.05) is 25.7 Å². The number of aryl methyl sites for hydroxylation is 2. The van der Waals surface area contributed by atoms with Crippen LogP contribution in [-0.4, -0.2) is 38.3 Å². The van der Waals surface area contributed by atoms with Crippen molar-refractivity contribution in [3.05, 3.63) is 59.2 Å². The average molecular weight is 388 g/mol. The zero-order valence-corrected chi connectivity index (χ0v) is 16.5. The largest absolute Gasteiger partial charge is 0.371 e. The van der Waals surface area contributed by atoms with Crippen LogP contribution < -0.4 is 5.32 Å². The molecule has 0 aromatic heterocycles. The van der Waals surface area contributed by atoms with Crippen molar-refractivity contribution in [2.45, 2.75) is 31.8 Å². The van der Waals surface area contributed by atoms with Crippen LogP contribution in [0.3, 0.4) is 0 Å². The van der Waals surface area contributed by atoms with Crippen molar-refractivity contribution in [2.24, 2.45) is 0 Å². The van der Waals surface area contributed by atoms with Crippen molar-refractivity contribution in [3.63, 3.8) is 0 Å². The van der Waals surface area contributed by atoms with E-state index in [9.17, 15) is 13.2 Å². The number of rotatable bonds is 4. The maximum atomic E-state index is 13.2. The number of morpholine rings is 1. The normalized spacial score (nSPS) is 18.3. The summed E-state index contributed by atoms with van der Waals surface area (Å²) >= 11 is 0. The van der Waals surface area contributed by atoms with Gasteiger partial charge in [-0.05, 0) is 42.7 Å². The summed E-state index contributed by atoms with van der Waals surface area (Å²) in [6.45, 7) is 5.96. The van der Waals surface area contributed by atoms with Crippen LogP contribution in [0.25, 0.3) is 0 Å². The van der Waals surface area contributed by atoms with Gasteiger partial charge in [-0.2, -0.15) is 4.31 Å². The lowest BCUT2D eigenvalue weighted by atomic mass is 10.1. The second-order valence-electron chi connectivity index (χ2n) is 6.75. The summed E-state index contributed by atoms with van der Waals surface area (Å²) in [7, 11) is -3.65. The van der Waals surface area contributed by atoms with Crippen molar-refractivity contribution in [2.75, 3.05) is 25.0 Å². The number of benzene rings is 2. The number of amides is 1.